The molecule has 1 aliphatic heterocycles. The van der Waals surface area contributed by atoms with E-state index >= 15 is 0 Å². The summed E-state index contributed by atoms with van der Waals surface area (Å²) in [4.78, 5) is 44.1. The molecule has 0 aliphatic carbocycles. The average Bonchev–Trinajstić information content (AvgIpc) is 3.05. The van der Waals surface area contributed by atoms with Crippen LogP contribution in [0.2, 0.25) is 0 Å². The van der Waals surface area contributed by atoms with Crippen LogP contribution < -0.4 is 5.32 Å². The second-order valence-electron chi connectivity index (χ2n) is 7.23. The molecule has 0 fully saturated rings. The number of carbonyl (C=O) groups excluding carboxylic acids is 3. The number of benzene rings is 3. The molecule has 6 heteroatoms. The Kier molecular flexibility index (Phi) is 4.52. The van der Waals surface area contributed by atoms with Crippen molar-refractivity contribution in [3.8, 4) is 0 Å². The number of hydrogen-bond donors (Lipinski definition) is 1. The summed E-state index contributed by atoms with van der Waals surface area (Å²) in [6.45, 7) is 0.0209. The zero-order chi connectivity index (χ0) is 21.4. The summed E-state index contributed by atoms with van der Waals surface area (Å²) in [5.74, 6) is -1.02. The summed E-state index contributed by atoms with van der Waals surface area (Å²) in [7, 11) is 0. The van der Waals surface area contributed by atoms with E-state index in [0.717, 1.165) is 10.9 Å². The maximum Gasteiger partial charge on any atom is 0.261 e. The molecule has 0 saturated carbocycles. The lowest BCUT2D eigenvalue weighted by Gasteiger charge is -2.17. The fraction of sp³-hybridized carbons (Fsp3) is 0.0400. The molecule has 4 aromatic rings. The Morgan fingerprint density at radius 2 is 1.45 bits per heavy atom. The van der Waals surface area contributed by atoms with Crippen LogP contribution in [-0.2, 0) is 6.54 Å². The minimum atomic E-state index is -0.351. The largest absolute Gasteiger partial charge is 0.321 e. The third kappa shape index (κ3) is 3.24. The molecule has 3 aromatic carbocycles. The van der Waals surface area contributed by atoms with Crippen molar-refractivity contribution in [2.75, 3.05) is 5.32 Å². The Morgan fingerprint density at radius 3 is 2.23 bits per heavy atom. The number of hydrogen-bond acceptors (Lipinski definition) is 4. The maximum atomic E-state index is 13.1. The molecule has 0 saturated heterocycles. The molecule has 1 N–H and O–H groups in total. The average molecular weight is 407 g/mol. The molecular formula is C25H17N3O3. The summed E-state index contributed by atoms with van der Waals surface area (Å²) in [6, 6.07) is 23.0. The van der Waals surface area contributed by atoms with Gasteiger partial charge in [0.25, 0.3) is 17.7 Å². The number of rotatable bonds is 4. The van der Waals surface area contributed by atoms with Crippen LogP contribution in [0.1, 0.15) is 36.6 Å². The zero-order valence-electron chi connectivity index (χ0n) is 16.4. The van der Waals surface area contributed by atoms with Crippen LogP contribution in [0.15, 0.2) is 85.1 Å². The van der Waals surface area contributed by atoms with E-state index < -0.39 is 0 Å². The Labute approximate surface area is 178 Å². The monoisotopic (exact) mass is 407 g/mol. The van der Waals surface area contributed by atoms with E-state index in [-0.39, 0.29) is 24.3 Å². The normalized spacial score (nSPS) is 12.8. The fourth-order valence-electron chi connectivity index (χ4n) is 3.83. The van der Waals surface area contributed by atoms with Gasteiger partial charge in [-0.3, -0.25) is 24.3 Å². The third-order valence-electron chi connectivity index (χ3n) is 5.37. The minimum absolute atomic E-state index is 0.0209. The number of aromatic nitrogens is 1. The van der Waals surface area contributed by atoms with E-state index in [1.807, 2.05) is 24.3 Å². The van der Waals surface area contributed by atoms with Gasteiger partial charge in [0.2, 0.25) is 0 Å². The van der Waals surface area contributed by atoms with Crippen molar-refractivity contribution in [3.63, 3.8) is 0 Å². The van der Waals surface area contributed by atoms with Gasteiger partial charge in [-0.1, -0.05) is 48.5 Å². The van der Waals surface area contributed by atoms with Crippen molar-refractivity contribution < 1.29 is 14.4 Å². The summed E-state index contributed by atoms with van der Waals surface area (Å²) < 4.78 is 0. The Hall–Kier alpha value is -4.32. The van der Waals surface area contributed by atoms with Gasteiger partial charge in [-0.05, 0) is 35.9 Å². The van der Waals surface area contributed by atoms with Crippen molar-refractivity contribution in [1.29, 1.82) is 0 Å². The standard InChI is InChI=1S/C25H17N3O3/c29-23(27-22-13-14-26-21-12-6-5-11-20(21)22)17-8-2-1-7-16(17)15-28-24(30)18-9-3-4-10-19(18)25(28)31/h1-14H,15H2,(H,26,27,29). The molecule has 0 radical (unpaired) electrons. The SMILES string of the molecule is O=C(Nc1ccnc2ccccc12)c1ccccc1CN1C(=O)c2ccccc2C1=O. The van der Waals surface area contributed by atoms with Gasteiger partial charge in [-0.2, -0.15) is 0 Å². The van der Waals surface area contributed by atoms with Crippen molar-refractivity contribution in [2.24, 2.45) is 0 Å². The number of fused-ring (bicyclic) bond motifs is 2. The van der Waals surface area contributed by atoms with Crippen molar-refractivity contribution >= 4 is 34.3 Å². The first-order valence-electron chi connectivity index (χ1n) is 9.82. The number of para-hydroxylation sites is 1. The summed E-state index contributed by atoms with van der Waals surface area (Å²) in [5, 5.41) is 3.77. The van der Waals surface area contributed by atoms with E-state index in [1.165, 1.54) is 4.90 Å². The predicted octanol–water partition coefficient (Wildman–Crippen LogP) is 4.28. The quantitative estimate of drug-likeness (QED) is 0.512. The van der Waals surface area contributed by atoms with Crippen LogP contribution in [0.3, 0.4) is 0 Å². The molecule has 5 rings (SSSR count). The number of carbonyl (C=O) groups is 3. The van der Waals surface area contributed by atoms with Gasteiger partial charge < -0.3 is 5.32 Å². The molecule has 0 bridgehead atoms. The van der Waals surface area contributed by atoms with Crippen molar-refractivity contribution in [3.05, 3.63) is 107 Å². The van der Waals surface area contributed by atoms with Crippen LogP contribution in [0.5, 0.6) is 0 Å². The summed E-state index contributed by atoms with van der Waals surface area (Å²) >= 11 is 0. The number of anilines is 1. The van der Waals surface area contributed by atoms with E-state index in [1.54, 1.807) is 60.8 Å². The Morgan fingerprint density at radius 1 is 0.806 bits per heavy atom. The van der Waals surface area contributed by atoms with Crippen LogP contribution in [0.4, 0.5) is 5.69 Å². The second kappa shape index (κ2) is 7.50. The van der Waals surface area contributed by atoms with E-state index in [0.29, 0.717) is 27.9 Å². The number of nitrogens with zero attached hydrogens (tertiary/aromatic N) is 2. The molecule has 6 nitrogen and oxygen atoms in total. The molecule has 1 aromatic heterocycles. The van der Waals surface area contributed by atoms with Crippen LogP contribution >= 0.6 is 0 Å². The Bertz CT molecular complexity index is 1320. The van der Waals surface area contributed by atoms with Gasteiger partial charge in [0.15, 0.2) is 0 Å². The van der Waals surface area contributed by atoms with Crippen molar-refractivity contribution in [2.45, 2.75) is 6.54 Å². The first kappa shape index (κ1) is 18.7. The highest BCUT2D eigenvalue weighted by Crippen LogP contribution is 2.26. The van der Waals surface area contributed by atoms with E-state index in [9.17, 15) is 14.4 Å². The lowest BCUT2D eigenvalue weighted by molar-refractivity contribution is 0.0640. The lowest BCUT2D eigenvalue weighted by Crippen LogP contribution is -2.30. The smallest absolute Gasteiger partial charge is 0.261 e. The zero-order valence-corrected chi connectivity index (χ0v) is 16.4. The molecule has 3 amide bonds. The molecule has 1 aliphatic rings. The maximum absolute atomic E-state index is 13.1. The first-order chi connectivity index (χ1) is 15.1. The number of pyridine rings is 1. The first-order valence-corrected chi connectivity index (χ1v) is 9.82. The Balaban J connectivity index is 1.44. The van der Waals surface area contributed by atoms with E-state index in [4.69, 9.17) is 0 Å². The summed E-state index contributed by atoms with van der Waals surface area (Å²) in [5.41, 5.74) is 3.19. The molecule has 150 valence electrons. The molecule has 2 heterocycles. The van der Waals surface area contributed by atoms with Crippen LogP contribution in [0.25, 0.3) is 10.9 Å². The second-order valence-corrected chi connectivity index (χ2v) is 7.23. The highest BCUT2D eigenvalue weighted by Gasteiger charge is 2.35. The van der Waals surface area contributed by atoms with Gasteiger partial charge in [0, 0.05) is 17.1 Å². The molecule has 0 unspecified atom stereocenters. The fourth-order valence-corrected chi connectivity index (χ4v) is 3.83. The number of amides is 3. The number of imide groups is 1. The molecule has 0 spiro atoms. The molecule has 0 atom stereocenters. The van der Waals surface area contributed by atoms with Crippen LogP contribution in [0, 0.1) is 0 Å². The van der Waals surface area contributed by atoms with Gasteiger partial charge in [0.1, 0.15) is 0 Å². The minimum Gasteiger partial charge on any atom is -0.321 e. The highest BCUT2D eigenvalue weighted by atomic mass is 16.2. The molecule has 31 heavy (non-hydrogen) atoms. The van der Waals surface area contributed by atoms with Crippen molar-refractivity contribution in [1.82, 2.24) is 9.88 Å². The number of nitrogens with one attached hydrogen (secondary N) is 1. The van der Waals surface area contributed by atoms with Gasteiger partial charge in [0.05, 0.1) is 28.9 Å². The predicted molar refractivity (Wildman–Crippen MR) is 117 cm³/mol. The van der Waals surface area contributed by atoms with Crippen LogP contribution in [-0.4, -0.2) is 27.6 Å². The van der Waals surface area contributed by atoms with E-state index in [2.05, 4.69) is 10.3 Å². The highest BCUT2D eigenvalue weighted by molar-refractivity contribution is 6.21. The third-order valence-corrected chi connectivity index (χ3v) is 5.37. The van der Waals surface area contributed by atoms with Gasteiger partial charge in [-0.15, -0.1) is 0 Å². The topological polar surface area (TPSA) is 79.4 Å². The lowest BCUT2D eigenvalue weighted by atomic mass is 10.1. The van der Waals surface area contributed by atoms with Gasteiger partial charge in [-0.25, -0.2) is 0 Å². The summed E-state index contributed by atoms with van der Waals surface area (Å²) in [6.07, 6.45) is 1.64. The van der Waals surface area contributed by atoms with Gasteiger partial charge >= 0.3 is 0 Å². The molecular weight excluding hydrogens is 390 g/mol.